The van der Waals surface area contributed by atoms with Crippen molar-refractivity contribution in [3.8, 4) is 17.2 Å². The molecule has 4 N–H and O–H groups in total. The van der Waals surface area contributed by atoms with Gasteiger partial charge in [-0.3, -0.25) is 19.4 Å². The Morgan fingerprint density at radius 3 is 2.37 bits per heavy atom. The number of benzene rings is 2. The number of carbonyl (C=O) groups is 3. The first-order valence-corrected chi connectivity index (χ1v) is 12.8. The average Bonchev–Trinajstić information content (AvgIpc) is 3.43. The number of aryl methyl sites for hydroxylation is 1. The molecule has 212 valence electrons. The summed E-state index contributed by atoms with van der Waals surface area (Å²) in [5.74, 6) is 0.327. The molecule has 11 nitrogen and oxygen atoms in total. The number of hydrogen-bond donors (Lipinski definition) is 3. The molecule has 0 bridgehead atoms. The molecule has 0 aliphatic heterocycles. The number of rotatable bonds is 12. The highest BCUT2D eigenvalue weighted by molar-refractivity contribution is 6.14. The molecule has 2 amide bonds. The molecule has 0 aliphatic rings. The van der Waals surface area contributed by atoms with Crippen LogP contribution in [0.25, 0.3) is 0 Å². The summed E-state index contributed by atoms with van der Waals surface area (Å²) in [5.41, 5.74) is 7.70. The first-order valence-electron chi connectivity index (χ1n) is 12.8. The second-order valence-electron chi connectivity index (χ2n) is 8.96. The lowest BCUT2D eigenvalue weighted by Gasteiger charge is -2.15. The molecule has 2 heterocycles. The van der Waals surface area contributed by atoms with Crippen LogP contribution in [0.3, 0.4) is 0 Å². The molecule has 0 saturated heterocycles. The van der Waals surface area contributed by atoms with Crippen LogP contribution in [0.4, 0.5) is 11.4 Å². The summed E-state index contributed by atoms with van der Waals surface area (Å²) < 4.78 is 18.1. The second-order valence-corrected chi connectivity index (χ2v) is 8.96. The molecule has 0 atom stereocenters. The molecule has 0 spiro atoms. The van der Waals surface area contributed by atoms with Gasteiger partial charge in [0, 0.05) is 37.6 Å². The first-order chi connectivity index (χ1) is 19.8. The summed E-state index contributed by atoms with van der Waals surface area (Å²) in [6.07, 6.45) is 3.70. The lowest BCUT2D eigenvalue weighted by Crippen LogP contribution is -2.27. The van der Waals surface area contributed by atoms with Gasteiger partial charge in [0.1, 0.15) is 28.6 Å². The highest BCUT2D eigenvalue weighted by atomic mass is 16.5. The van der Waals surface area contributed by atoms with Gasteiger partial charge in [0.2, 0.25) is 5.78 Å². The summed E-state index contributed by atoms with van der Waals surface area (Å²) in [6.45, 7) is 0.618. The Kier molecular flexibility index (Phi) is 9.20. The number of pyridine rings is 1. The van der Waals surface area contributed by atoms with Crippen molar-refractivity contribution in [1.82, 2.24) is 14.9 Å². The first kappa shape index (κ1) is 28.7. The summed E-state index contributed by atoms with van der Waals surface area (Å²) >= 11 is 0. The van der Waals surface area contributed by atoms with Crippen LogP contribution in [-0.2, 0) is 7.05 Å². The Balaban J connectivity index is 1.43. The number of anilines is 2. The van der Waals surface area contributed by atoms with Gasteiger partial charge in [-0.25, -0.2) is 0 Å². The summed E-state index contributed by atoms with van der Waals surface area (Å²) in [7, 11) is 4.85. The molecule has 0 unspecified atom stereocenters. The van der Waals surface area contributed by atoms with E-state index in [-0.39, 0.29) is 40.9 Å². The molecule has 2 aromatic heterocycles. The maximum Gasteiger partial charge on any atom is 0.267 e. The quantitative estimate of drug-likeness (QED) is 0.177. The largest absolute Gasteiger partial charge is 0.497 e. The molecule has 4 aromatic rings. The minimum Gasteiger partial charge on any atom is -0.497 e. The number of nitrogen functional groups attached to an aromatic ring is 1. The van der Waals surface area contributed by atoms with E-state index in [1.54, 1.807) is 72.4 Å². The molecule has 0 aliphatic carbocycles. The van der Waals surface area contributed by atoms with E-state index in [2.05, 4.69) is 15.6 Å². The lowest BCUT2D eigenvalue weighted by molar-refractivity contribution is 0.0942. The van der Waals surface area contributed by atoms with Crippen molar-refractivity contribution < 1.29 is 28.6 Å². The Morgan fingerprint density at radius 2 is 1.68 bits per heavy atom. The number of nitrogens with zero attached hydrogens (tertiary/aromatic N) is 2. The Labute approximate surface area is 237 Å². The van der Waals surface area contributed by atoms with E-state index in [1.807, 2.05) is 0 Å². The maximum absolute atomic E-state index is 13.3. The fourth-order valence-corrected chi connectivity index (χ4v) is 4.01. The fourth-order valence-electron chi connectivity index (χ4n) is 4.01. The Hall–Kier alpha value is -5.32. The number of amides is 2. The maximum atomic E-state index is 13.3. The topological polar surface area (TPSA) is 147 Å². The summed E-state index contributed by atoms with van der Waals surface area (Å²) in [6, 6.07) is 16.4. The third kappa shape index (κ3) is 6.82. The van der Waals surface area contributed by atoms with Gasteiger partial charge >= 0.3 is 0 Å². The molecule has 41 heavy (non-hydrogen) atoms. The monoisotopic (exact) mass is 557 g/mol. The molecule has 0 radical (unpaired) electrons. The van der Waals surface area contributed by atoms with Crippen LogP contribution >= 0.6 is 0 Å². The van der Waals surface area contributed by atoms with E-state index >= 15 is 0 Å². The minimum atomic E-state index is -0.500. The van der Waals surface area contributed by atoms with Crippen LogP contribution in [0.15, 0.2) is 73.1 Å². The van der Waals surface area contributed by atoms with Gasteiger partial charge in [0.05, 0.1) is 37.8 Å². The van der Waals surface area contributed by atoms with Gasteiger partial charge in [-0.2, -0.15) is 0 Å². The average molecular weight is 558 g/mol. The second kappa shape index (κ2) is 13.2. The zero-order chi connectivity index (χ0) is 29.4. The highest BCUT2D eigenvalue weighted by Crippen LogP contribution is 2.28. The Morgan fingerprint density at radius 1 is 0.951 bits per heavy atom. The summed E-state index contributed by atoms with van der Waals surface area (Å²) in [5, 5.41) is 5.60. The van der Waals surface area contributed by atoms with Gasteiger partial charge in [-0.1, -0.05) is 0 Å². The van der Waals surface area contributed by atoms with Crippen LogP contribution in [0, 0.1) is 0 Å². The van der Waals surface area contributed by atoms with E-state index in [0.29, 0.717) is 35.7 Å². The van der Waals surface area contributed by atoms with E-state index in [4.69, 9.17) is 19.9 Å². The van der Waals surface area contributed by atoms with Crippen molar-refractivity contribution in [1.29, 1.82) is 0 Å². The third-order valence-electron chi connectivity index (χ3n) is 6.28. The van der Waals surface area contributed by atoms with Crippen molar-refractivity contribution in [2.45, 2.75) is 6.42 Å². The normalized spacial score (nSPS) is 10.5. The van der Waals surface area contributed by atoms with E-state index in [1.165, 1.54) is 26.5 Å². The number of ether oxygens (including phenoxy) is 3. The van der Waals surface area contributed by atoms with E-state index in [0.717, 1.165) is 0 Å². The fraction of sp³-hybridized carbons (Fsp3) is 0.200. The van der Waals surface area contributed by atoms with Gasteiger partial charge in [-0.05, 0) is 61.0 Å². The number of nitrogens with two attached hydrogens (primary N) is 1. The molecule has 11 heteroatoms. The number of nitrogens with one attached hydrogen (secondary N) is 2. The van der Waals surface area contributed by atoms with Crippen molar-refractivity contribution >= 4 is 29.0 Å². The van der Waals surface area contributed by atoms with Crippen LogP contribution in [0.5, 0.6) is 17.2 Å². The zero-order valence-electron chi connectivity index (χ0n) is 23.0. The van der Waals surface area contributed by atoms with Crippen molar-refractivity contribution in [2.75, 3.05) is 38.4 Å². The SMILES string of the molecule is COc1ccc(C(=O)c2nccc(NC(=O)c3ccc(OC)cc3OCCCNC(=O)c3cccn3C)c2N)cc1. The van der Waals surface area contributed by atoms with E-state index < -0.39 is 11.7 Å². The number of carbonyl (C=O) groups excluding carboxylic acids is 3. The van der Waals surface area contributed by atoms with Gasteiger partial charge in [0.15, 0.2) is 0 Å². The van der Waals surface area contributed by atoms with Crippen molar-refractivity contribution in [3.05, 3.63) is 95.6 Å². The predicted octanol–water partition coefficient (Wildman–Crippen LogP) is 3.70. The molecule has 4 rings (SSSR count). The van der Waals surface area contributed by atoms with Gasteiger partial charge in [0.25, 0.3) is 11.8 Å². The summed E-state index contributed by atoms with van der Waals surface area (Å²) in [4.78, 5) is 42.7. The van der Waals surface area contributed by atoms with Crippen LogP contribution in [0.2, 0.25) is 0 Å². The van der Waals surface area contributed by atoms with Crippen LogP contribution < -0.4 is 30.6 Å². The van der Waals surface area contributed by atoms with Crippen LogP contribution in [-0.4, -0.2) is 54.5 Å². The molecular weight excluding hydrogens is 526 g/mol. The zero-order valence-corrected chi connectivity index (χ0v) is 23.0. The highest BCUT2D eigenvalue weighted by Gasteiger charge is 2.20. The number of hydrogen-bond acceptors (Lipinski definition) is 8. The van der Waals surface area contributed by atoms with Crippen LogP contribution in [0.1, 0.15) is 43.3 Å². The number of aromatic nitrogens is 2. The van der Waals surface area contributed by atoms with Gasteiger partial charge < -0.3 is 35.1 Å². The standard InChI is InChI=1S/C30H31N5O6/c1-35-16-4-6-24(35)30(38)33-14-5-17-41-25-18-21(40-3)11-12-22(25)29(37)34-23-13-15-32-27(26(23)31)28(36)19-7-9-20(39-2)10-8-19/h4,6-13,15-16,18H,5,14,17,31H2,1-3H3,(H,33,38)(H,32,34,37). The van der Waals surface area contributed by atoms with E-state index in [9.17, 15) is 14.4 Å². The minimum absolute atomic E-state index is 0.0107. The smallest absolute Gasteiger partial charge is 0.267 e. The molecule has 0 saturated carbocycles. The number of methoxy groups -OCH3 is 2. The number of ketones is 1. The van der Waals surface area contributed by atoms with Gasteiger partial charge in [-0.15, -0.1) is 0 Å². The van der Waals surface area contributed by atoms with Crippen molar-refractivity contribution in [3.63, 3.8) is 0 Å². The predicted molar refractivity (Wildman–Crippen MR) is 154 cm³/mol. The Bertz CT molecular complexity index is 1550. The lowest BCUT2D eigenvalue weighted by atomic mass is 10.1. The van der Waals surface area contributed by atoms with Crippen molar-refractivity contribution in [2.24, 2.45) is 7.05 Å². The third-order valence-corrected chi connectivity index (χ3v) is 6.28. The molecular formula is C30H31N5O6. The molecule has 0 fully saturated rings. The molecule has 2 aromatic carbocycles.